The Morgan fingerprint density at radius 2 is 1.84 bits per heavy atom. The topological polar surface area (TPSA) is 53.1 Å². The van der Waals surface area contributed by atoms with Crippen molar-refractivity contribution >= 4 is 5.95 Å². The van der Waals surface area contributed by atoms with E-state index in [2.05, 4.69) is 56.7 Å². The Labute approximate surface area is 187 Å². The summed E-state index contributed by atoms with van der Waals surface area (Å²) in [6, 6.07) is 14.4. The van der Waals surface area contributed by atoms with Crippen LogP contribution in [0.5, 0.6) is 0 Å². The Bertz CT molecular complexity index is 1020. The van der Waals surface area contributed by atoms with E-state index in [0.29, 0.717) is 30.5 Å². The summed E-state index contributed by atoms with van der Waals surface area (Å²) in [7, 11) is 0. The molecule has 0 spiro atoms. The van der Waals surface area contributed by atoms with Crippen LogP contribution in [0.2, 0.25) is 0 Å². The number of anilines is 1. The number of benzene rings is 2. The minimum atomic E-state index is -0.565. The zero-order valence-corrected chi connectivity index (χ0v) is 18.3. The van der Waals surface area contributed by atoms with E-state index in [9.17, 15) is 8.78 Å². The van der Waals surface area contributed by atoms with Crippen molar-refractivity contribution in [1.82, 2.24) is 20.2 Å². The molecule has 1 aromatic heterocycles. The molecular weight excluding hydrogens is 408 g/mol. The minimum absolute atomic E-state index is 0.392. The van der Waals surface area contributed by atoms with Crippen LogP contribution in [0.15, 0.2) is 54.7 Å². The zero-order valence-electron chi connectivity index (χ0n) is 18.3. The van der Waals surface area contributed by atoms with Gasteiger partial charge < -0.3 is 10.6 Å². The molecule has 0 radical (unpaired) electrons. The first kappa shape index (κ1) is 22.3. The highest BCUT2D eigenvalue weighted by atomic mass is 19.1. The molecule has 1 aliphatic rings. The molecule has 2 N–H and O–H groups in total. The van der Waals surface area contributed by atoms with Crippen LogP contribution in [0.4, 0.5) is 14.7 Å². The molecule has 1 unspecified atom stereocenters. The molecule has 5 nitrogen and oxygen atoms in total. The van der Waals surface area contributed by atoms with Crippen LogP contribution in [-0.4, -0.2) is 47.6 Å². The number of hydrogen-bond donors (Lipinski definition) is 2. The molecule has 0 aliphatic carbocycles. The van der Waals surface area contributed by atoms with Gasteiger partial charge in [0.2, 0.25) is 5.95 Å². The summed E-state index contributed by atoms with van der Waals surface area (Å²) in [5, 5.41) is 6.58. The molecule has 1 saturated heterocycles. The number of hydrogen-bond acceptors (Lipinski definition) is 5. The minimum Gasteiger partial charge on any atom is -0.354 e. The average Bonchev–Trinajstić information content (AvgIpc) is 2.80. The molecule has 2 heterocycles. The standard InChI is InChI=1S/C25H29F2N5/c1-2-24(32-12-10-28-11-13-32)20-5-3-4-19(16-20)23-7-9-30-25(31-23)29-8-6-18-14-21(26)17-22(27)15-18/h3-5,7,9,14-17,24,28H,2,6,8,10-13H2,1H3,(H,29,30,31). The fourth-order valence-electron chi connectivity index (χ4n) is 4.28. The Balaban J connectivity index is 1.45. The number of aromatic nitrogens is 2. The van der Waals surface area contributed by atoms with Crippen molar-refractivity contribution < 1.29 is 8.78 Å². The summed E-state index contributed by atoms with van der Waals surface area (Å²) < 4.78 is 26.7. The molecule has 4 rings (SSSR count). The van der Waals surface area contributed by atoms with Crippen LogP contribution in [-0.2, 0) is 6.42 Å². The van der Waals surface area contributed by atoms with Crippen LogP contribution in [0, 0.1) is 11.6 Å². The first-order valence-electron chi connectivity index (χ1n) is 11.2. The third kappa shape index (κ3) is 5.66. The summed E-state index contributed by atoms with van der Waals surface area (Å²) in [5.41, 5.74) is 3.79. The third-order valence-electron chi connectivity index (χ3n) is 5.82. The van der Waals surface area contributed by atoms with E-state index < -0.39 is 11.6 Å². The molecule has 7 heteroatoms. The monoisotopic (exact) mass is 437 g/mol. The lowest BCUT2D eigenvalue weighted by Gasteiger charge is -2.34. The molecule has 2 aromatic carbocycles. The van der Waals surface area contributed by atoms with Crippen molar-refractivity contribution in [2.45, 2.75) is 25.8 Å². The van der Waals surface area contributed by atoms with Crippen LogP contribution in [0.1, 0.15) is 30.5 Å². The third-order valence-corrected chi connectivity index (χ3v) is 5.82. The molecule has 32 heavy (non-hydrogen) atoms. The lowest BCUT2D eigenvalue weighted by Crippen LogP contribution is -2.45. The molecular formula is C25H29F2N5. The van der Waals surface area contributed by atoms with E-state index in [1.165, 1.54) is 17.7 Å². The van der Waals surface area contributed by atoms with E-state index in [1.54, 1.807) is 6.20 Å². The zero-order chi connectivity index (χ0) is 22.3. The Morgan fingerprint density at radius 3 is 2.59 bits per heavy atom. The molecule has 0 bridgehead atoms. The van der Waals surface area contributed by atoms with E-state index in [-0.39, 0.29) is 0 Å². The molecule has 3 aromatic rings. The average molecular weight is 438 g/mol. The molecule has 0 amide bonds. The van der Waals surface area contributed by atoms with E-state index in [4.69, 9.17) is 0 Å². The molecule has 1 aliphatic heterocycles. The number of nitrogens with zero attached hydrogens (tertiary/aromatic N) is 3. The van der Waals surface area contributed by atoms with Gasteiger partial charge in [-0.1, -0.05) is 25.1 Å². The predicted molar refractivity (Wildman–Crippen MR) is 123 cm³/mol. The number of piperazine rings is 1. The maximum atomic E-state index is 13.4. The molecule has 0 saturated carbocycles. The van der Waals surface area contributed by atoms with Gasteiger partial charge in [0.25, 0.3) is 0 Å². The van der Waals surface area contributed by atoms with Gasteiger partial charge >= 0.3 is 0 Å². The smallest absolute Gasteiger partial charge is 0.223 e. The first-order chi connectivity index (χ1) is 15.6. The fourth-order valence-corrected chi connectivity index (χ4v) is 4.28. The van der Waals surface area contributed by atoms with Crippen molar-refractivity contribution in [2.75, 3.05) is 38.0 Å². The normalized spacial score (nSPS) is 15.5. The van der Waals surface area contributed by atoms with Crippen LogP contribution < -0.4 is 10.6 Å². The molecule has 1 atom stereocenters. The number of nitrogens with one attached hydrogen (secondary N) is 2. The van der Waals surface area contributed by atoms with E-state index in [0.717, 1.165) is 49.9 Å². The second-order valence-corrected chi connectivity index (χ2v) is 8.06. The predicted octanol–water partition coefficient (Wildman–Crippen LogP) is 4.43. The van der Waals surface area contributed by atoms with Gasteiger partial charge in [0, 0.05) is 56.6 Å². The van der Waals surface area contributed by atoms with Gasteiger partial charge in [-0.15, -0.1) is 0 Å². The first-order valence-corrected chi connectivity index (χ1v) is 11.2. The van der Waals surface area contributed by atoms with Gasteiger partial charge in [-0.05, 0) is 48.2 Å². The van der Waals surface area contributed by atoms with Crippen molar-refractivity contribution in [3.8, 4) is 11.3 Å². The quantitative estimate of drug-likeness (QED) is 0.546. The van der Waals surface area contributed by atoms with Crippen molar-refractivity contribution in [3.63, 3.8) is 0 Å². The SMILES string of the molecule is CCC(c1cccc(-c2ccnc(NCCc3cc(F)cc(F)c3)n2)c1)N1CCNCC1. The summed E-state index contributed by atoms with van der Waals surface area (Å²) >= 11 is 0. The van der Waals surface area contributed by atoms with Crippen molar-refractivity contribution in [1.29, 1.82) is 0 Å². The van der Waals surface area contributed by atoms with Crippen molar-refractivity contribution in [3.05, 3.63) is 77.5 Å². The number of halogens is 2. The van der Waals surface area contributed by atoms with Gasteiger partial charge in [-0.3, -0.25) is 4.90 Å². The van der Waals surface area contributed by atoms with Gasteiger partial charge in [-0.2, -0.15) is 0 Å². The highest BCUT2D eigenvalue weighted by Gasteiger charge is 2.20. The second-order valence-electron chi connectivity index (χ2n) is 8.06. The van der Waals surface area contributed by atoms with Crippen LogP contribution >= 0.6 is 0 Å². The summed E-state index contributed by atoms with van der Waals surface area (Å²) in [4.78, 5) is 11.5. The lowest BCUT2D eigenvalue weighted by molar-refractivity contribution is 0.169. The highest BCUT2D eigenvalue weighted by Crippen LogP contribution is 2.28. The largest absolute Gasteiger partial charge is 0.354 e. The summed E-state index contributed by atoms with van der Waals surface area (Å²) in [5.74, 6) is -0.632. The Hall–Kier alpha value is -2.90. The molecule has 1 fully saturated rings. The summed E-state index contributed by atoms with van der Waals surface area (Å²) in [6.45, 7) is 6.88. The van der Waals surface area contributed by atoms with Crippen LogP contribution in [0.3, 0.4) is 0 Å². The maximum Gasteiger partial charge on any atom is 0.223 e. The lowest BCUT2D eigenvalue weighted by atomic mass is 9.98. The van der Waals surface area contributed by atoms with Gasteiger partial charge in [-0.25, -0.2) is 18.7 Å². The van der Waals surface area contributed by atoms with Gasteiger partial charge in [0.1, 0.15) is 11.6 Å². The van der Waals surface area contributed by atoms with E-state index >= 15 is 0 Å². The highest BCUT2D eigenvalue weighted by molar-refractivity contribution is 5.61. The summed E-state index contributed by atoms with van der Waals surface area (Å²) in [6.07, 6.45) is 3.26. The van der Waals surface area contributed by atoms with Gasteiger partial charge in [0.05, 0.1) is 5.69 Å². The van der Waals surface area contributed by atoms with Crippen LogP contribution in [0.25, 0.3) is 11.3 Å². The van der Waals surface area contributed by atoms with Crippen molar-refractivity contribution in [2.24, 2.45) is 0 Å². The maximum absolute atomic E-state index is 13.4. The Morgan fingerprint density at radius 1 is 1.06 bits per heavy atom. The number of rotatable bonds is 8. The second kappa shape index (κ2) is 10.6. The fraction of sp³-hybridized carbons (Fsp3) is 0.360. The molecule has 168 valence electrons. The van der Waals surface area contributed by atoms with Gasteiger partial charge in [0.15, 0.2) is 0 Å². The Kier molecular flexibility index (Phi) is 7.39. The van der Waals surface area contributed by atoms with E-state index in [1.807, 2.05) is 6.07 Å².